The van der Waals surface area contributed by atoms with Crippen LogP contribution in [0.1, 0.15) is 0 Å². The van der Waals surface area contributed by atoms with E-state index in [0.717, 1.165) is 5.69 Å². The van der Waals surface area contributed by atoms with Crippen molar-refractivity contribution in [1.29, 1.82) is 0 Å². The molecule has 0 radical (unpaired) electrons. The van der Waals surface area contributed by atoms with Gasteiger partial charge >= 0.3 is 0 Å². The molecule has 0 aliphatic heterocycles. The van der Waals surface area contributed by atoms with Crippen LogP contribution in [0.15, 0.2) is 78.0 Å². The summed E-state index contributed by atoms with van der Waals surface area (Å²) in [5, 5.41) is 12.2. The van der Waals surface area contributed by atoms with E-state index in [9.17, 15) is 9.18 Å². The number of benzene rings is 3. The average Bonchev–Trinajstić information content (AvgIpc) is 3.22. The minimum absolute atomic E-state index is 0.0739. The van der Waals surface area contributed by atoms with Crippen LogP contribution in [-0.4, -0.2) is 40.5 Å². The molecule has 0 aliphatic carbocycles. The Morgan fingerprint density at radius 3 is 2.42 bits per heavy atom. The topological polar surface area (TPSA) is 63.1 Å². The van der Waals surface area contributed by atoms with Gasteiger partial charge in [0.15, 0.2) is 11.0 Å². The Labute approximate surface area is 200 Å². The fourth-order valence-electron chi connectivity index (χ4n) is 3.20. The number of carbonyl (C=O) groups excluding carboxylic acids is 1. The SMILES string of the molecule is CN(C)c1ccc(NC(=O)CSc2nnc(-c3ccccc3Cl)n2-c2ccccc2F)cc1. The molecule has 1 aromatic heterocycles. The average molecular weight is 482 g/mol. The van der Waals surface area contributed by atoms with Crippen LogP contribution in [0.2, 0.25) is 5.02 Å². The Hall–Kier alpha value is -3.36. The number of nitrogens with zero attached hydrogens (tertiary/aromatic N) is 4. The lowest BCUT2D eigenvalue weighted by atomic mass is 10.2. The number of amides is 1. The van der Waals surface area contributed by atoms with Gasteiger partial charge in [0.05, 0.1) is 16.5 Å². The molecule has 9 heteroatoms. The second-order valence-corrected chi connectivity index (χ2v) is 8.70. The van der Waals surface area contributed by atoms with Gasteiger partial charge in [-0.3, -0.25) is 9.36 Å². The Kier molecular flexibility index (Phi) is 6.96. The summed E-state index contributed by atoms with van der Waals surface area (Å²) < 4.78 is 16.3. The molecule has 0 spiro atoms. The highest BCUT2D eigenvalue weighted by Gasteiger charge is 2.20. The molecule has 0 fully saturated rings. The first-order chi connectivity index (χ1) is 15.9. The first-order valence-electron chi connectivity index (χ1n) is 10.1. The van der Waals surface area contributed by atoms with Crippen molar-refractivity contribution in [2.75, 3.05) is 30.1 Å². The molecule has 168 valence electrons. The summed E-state index contributed by atoms with van der Waals surface area (Å²) in [6.07, 6.45) is 0. The van der Waals surface area contributed by atoms with Gasteiger partial charge in [-0.15, -0.1) is 10.2 Å². The number of anilines is 2. The van der Waals surface area contributed by atoms with E-state index in [1.54, 1.807) is 41.0 Å². The maximum atomic E-state index is 14.7. The van der Waals surface area contributed by atoms with Crippen LogP contribution in [0.4, 0.5) is 15.8 Å². The first-order valence-corrected chi connectivity index (χ1v) is 11.5. The molecule has 4 aromatic rings. The number of thioether (sulfide) groups is 1. The van der Waals surface area contributed by atoms with Crippen LogP contribution in [-0.2, 0) is 4.79 Å². The molecular formula is C24H21ClFN5OS. The van der Waals surface area contributed by atoms with E-state index < -0.39 is 5.82 Å². The number of carbonyl (C=O) groups is 1. The molecule has 1 amide bonds. The van der Waals surface area contributed by atoms with Gasteiger partial charge in [-0.1, -0.05) is 47.6 Å². The molecule has 0 aliphatic rings. The second-order valence-electron chi connectivity index (χ2n) is 7.35. The summed E-state index contributed by atoms with van der Waals surface area (Å²) in [5.41, 5.74) is 2.62. The summed E-state index contributed by atoms with van der Waals surface area (Å²) >= 11 is 7.53. The molecule has 0 bridgehead atoms. The molecule has 0 unspecified atom stereocenters. The number of rotatable bonds is 7. The maximum Gasteiger partial charge on any atom is 0.234 e. The number of para-hydroxylation sites is 1. The summed E-state index contributed by atoms with van der Waals surface area (Å²) in [7, 11) is 3.90. The van der Waals surface area contributed by atoms with Crippen LogP contribution in [0.5, 0.6) is 0 Å². The quantitative estimate of drug-likeness (QED) is 0.352. The van der Waals surface area contributed by atoms with Crippen molar-refractivity contribution in [3.63, 3.8) is 0 Å². The van der Waals surface area contributed by atoms with Gasteiger partial charge in [0.1, 0.15) is 5.82 Å². The summed E-state index contributed by atoms with van der Waals surface area (Å²) in [6.45, 7) is 0. The zero-order chi connectivity index (χ0) is 23.4. The van der Waals surface area contributed by atoms with Crippen LogP contribution in [0.25, 0.3) is 17.1 Å². The lowest BCUT2D eigenvalue weighted by Crippen LogP contribution is -2.15. The highest BCUT2D eigenvalue weighted by Crippen LogP contribution is 2.32. The summed E-state index contributed by atoms with van der Waals surface area (Å²) in [6, 6.07) is 21.0. The summed E-state index contributed by atoms with van der Waals surface area (Å²) in [4.78, 5) is 14.5. The van der Waals surface area contributed by atoms with Crippen molar-refractivity contribution >= 4 is 40.6 Å². The number of nitrogens with one attached hydrogen (secondary N) is 1. The molecule has 6 nitrogen and oxygen atoms in total. The number of hydrogen-bond donors (Lipinski definition) is 1. The maximum absolute atomic E-state index is 14.7. The Bertz CT molecular complexity index is 1280. The van der Waals surface area contributed by atoms with Crippen LogP contribution in [0, 0.1) is 5.82 Å². The molecule has 0 atom stereocenters. The normalized spacial score (nSPS) is 10.8. The molecule has 33 heavy (non-hydrogen) atoms. The molecule has 4 rings (SSSR count). The largest absolute Gasteiger partial charge is 0.378 e. The minimum atomic E-state index is -0.433. The van der Waals surface area contributed by atoms with Gasteiger partial charge in [-0.25, -0.2) is 4.39 Å². The number of aromatic nitrogens is 3. The fourth-order valence-corrected chi connectivity index (χ4v) is 4.17. The monoisotopic (exact) mass is 481 g/mol. The Morgan fingerprint density at radius 2 is 1.73 bits per heavy atom. The molecule has 0 saturated heterocycles. The van der Waals surface area contributed by atoms with E-state index in [-0.39, 0.29) is 17.3 Å². The van der Waals surface area contributed by atoms with E-state index in [1.807, 2.05) is 49.3 Å². The lowest BCUT2D eigenvalue weighted by Gasteiger charge is -2.13. The zero-order valence-electron chi connectivity index (χ0n) is 18.0. The molecule has 0 saturated carbocycles. The third-order valence-corrected chi connectivity index (χ3v) is 6.10. The molecule has 1 heterocycles. The highest BCUT2D eigenvalue weighted by molar-refractivity contribution is 7.99. The lowest BCUT2D eigenvalue weighted by molar-refractivity contribution is -0.113. The van der Waals surface area contributed by atoms with Crippen LogP contribution >= 0.6 is 23.4 Å². The summed E-state index contributed by atoms with van der Waals surface area (Å²) in [5.74, 6) is -0.171. The van der Waals surface area contributed by atoms with Gasteiger partial charge < -0.3 is 10.2 Å². The number of halogens is 2. The van der Waals surface area contributed by atoms with Crippen LogP contribution in [0.3, 0.4) is 0 Å². The van der Waals surface area contributed by atoms with Crippen molar-refractivity contribution in [3.8, 4) is 17.1 Å². The van der Waals surface area contributed by atoms with E-state index in [1.165, 1.54) is 17.8 Å². The van der Waals surface area contributed by atoms with Crippen molar-refractivity contribution in [3.05, 3.63) is 83.6 Å². The molecular weight excluding hydrogens is 461 g/mol. The van der Waals surface area contributed by atoms with Crippen LogP contribution < -0.4 is 10.2 Å². The predicted molar refractivity (Wildman–Crippen MR) is 132 cm³/mol. The minimum Gasteiger partial charge on any atom is -0.378 e. The van der Waals surface area contributed by atoms with E-state index in [4.69, 9.17) is 11.6 Å². The van der Waals surface area contributed by atoms with E-state index in [2.05, 4.69) is 15.5 Å². The van der Waals surface area contributed by atoms with E-state index >= 15 is 0 Å². The van der Waals surface area contributed by atoms with E-state index in [0.29, 0.717) is 27.3 Å². The number of hydrogen-bond acceptors (Lipinski definition) is 5. The van der Waals surface area contributed by atoms with Gasteiger partial charge in [0.2, 0.25) is 5.91 Å². The van der Waals surface area contributed by atoms with Crippen molar-refractivity contribution in [2.24, 2.45) is 0 Å². The third kappa shape index (κ3) is 5.18. The third-order valence-electron chi connectivity index (χ3n) is 4.84. The van der Waals surface area contributed by atoms with Gasteiger partial charge in [0.25, 0.3) is 0 Å². The zero-order valence-corrected chi connectivity index (χ0v) is 19.6. The first kappa shape index (κ1) is 22.8. The van der Waals surface area contributed by atoms with Gasteiger partial charge in [-0.2, -0.15) is 0 Å². The van der Waals surface area contributed by atoms with Crippen molar-refractivity contribution < 1.29 is 9.18 Å². The Morgan fingerprint density at radius 1 is 1.03 bits per heavy atom. The molecule has 3 aromatic carbocycles. The fraction of sp³-hybridized carbons (Fsp3) is 0.125. The smallest absolute Gasteiger partial charge is 0.234 e. The highest BCUT2D eigenvalue weighted by atomic mass is 35.5. The van der Waals surface area contributed by atoms with Gasteiger partial charge in [-0.05, 0) is 48.5 Å². The Balaban J connectivity index is 1.58. The second kappa shape index (κ2) is 10.1. The van der Waals surface area contributed by atoms with Gasteiger partial charge in [0, 0.05) is 31.0 Å². The van der Waals surface area contributed by atoms with Crippen molar-refractivity contribution in [1.82, 2.24) is 14.8 Å². The standard InChI is InChI=1S/C24H21ClFN5OS/c1-30(2)17-13-11-16(12-14-17)27-22(32)15-33-24-29-28-23(18-7-3-4-8-19(18)25)31(24)21-10-6-5-9-20(21)26/h3-14H,15H2,1-2H3,(H,27,32). The molecule has 1 N–H and O–H groups in total. The predicted octanol–water partition coefficient (Wildman–Crippen LogP) is 5.52. The van der Waals surface area contributed by atoms with Crippen molar-refractivity contribution in [2.45, 2.75) is 5.16 Å².